The zero-order valence-electron chi connectivity index (χ0n) is 17.3. The lowest BCUT2D eigenvalue weighted by atomic mass is 9.83. The molecule has 2 aliphatic carbocycles. The normalized spacial score (nSPS) is 23.4. The van der Waals surface area contributed by atoms with Crippen molar-refractivity contribution >= 4 is 17.9 Å². The molecule has 0 amide bonds. The first-order valence-electron chi connectivity index (χ1n) is 10.5. The fraction of sp³-hybridized carbons (Fsp3) is 0.583. The summed E-state index contributed by atoms with van der Waals surface area (Å²) >= 11 is 0. The van der Waals surface area contributed by atoms with Crippen molar-refractivity contribution in [3.05, 3.63) is 39.0 Å². The van der Waals surface area contributed by atoms with E-state index in [0.717, 1.165) is 73.6 Å². The summed E-state index contributed by atoms with van der Waals surface area (Å²) in [6.07, 6.45) is 12.7. The SMILES string of the molecule is CCc1cc2c(nc1C)=CC(C)=C(C(=O)C1CCCC(OC)CCC1)CC=2. The van der Waals surface area contributed by atoms with Gasteiger partial charge >= 0.3 is 0 Å². The molecule has 27 heavy (non-hydrogen) atoms. The van der Waals surface area contributed by atoms with E-state index in [1.54, 1.807) is 7.11 Å². The minimum Gasteiger partial charge on any atom is -0.381 e. The average molecular weight is 368 g/mol. The summed E-state index contributed by atoms with van der Waals surface area (Å²) in [6.45, 7) is 6.31. The zero-order chi connectivity index (χ0) is 19.4. The topological polar surface area (TPSA) is 39.2 Å². The first-order chi connectivity index (χ1) is 13.0. The van der Waals surface area contributed by atoms with E-state index < -0.39 is 0 Å². The maximum absolute atomic E-state index is 13.3. The van der Waals surface area contributed by atoms with Crippen molar-refractivity contribution in [2.24, 2.45) is 5.92 Å². The van der Waals surface area contributed by atoms with Crippen LogP contribution in [0, 0.1) is 12.8 Å². The predicted octanol–water partition coefficient (Wildman–Crippen LogP) is 3.79. The number of ketones is 1. The van der Waals surface area contributed by atoms with E-state index >= 15 is 0 Å². The van der Waals surface area contributed by atoms with Crippen LogP contribution in [0.4, 0.5) is 0 Å². The molecule has 146 valence electrons. The monoisotopic (exact) mass is 367 g/mol. The minimum atomic E-state index is 0.164. The fourth-order valence-corrected chi connectivity index (χ4v) is 4.50. The van der Waals surface area contributed by atoms with Gasteiger partial charge in [0.05, 0.1) is 11.5 Å². The molecular formula is C24H33NO2. The van der Waals surface area contributed by atoms with Crippen LogP contribution in [0.5, 0.6) is 0 Å². The molecule has 0 N–H and O–H groups in total. The zero-order valence-corrected chi connectivity index (χ0v) is 17.3. The first kappa shape index (κ1) is 20.0. The lowest BCUT2D eigenvalue weighted by Gasteiger charge is -2.24. The molecule has 3 heteroatoms. The molecule has 1 fully saturated rings. The molecule has 3 nitrogen and oxygen atoms in total. The van der Waals surface area contributed by atoms with Gasteiger partial charge in [-0.1, -0.05) is 25.8 Å². The van der Waals surface area contributed by atoms with Crippen LogP contribution in [0.2, 0.25) is 0 Å². The van der Waals surface area contributed by atoms with Crippen LogP contribution in [0.25, 0.3) is 12.2 Å². The Morgan fingerprint density at radius 1 is 1.19 bits per heavy atom. The molecule has 0 atom stereocenters. The van der Waals surface area contributed by atoms with Crippen LogP contribution >= 0.6 is 0 Å². The predicted molar refractivity (Wildman–Crippen MR) is 111 cm³/mol. The van der Waals surface area contributed by atoms with Crippen molar-refractivity contribution in [1.29, 1.82) is 0 Å². The molecular weight excluding hydrogens is 334 g/mol. The standard InChI is InChI=1S/C24H33NO2/c1-5-18-15-20-12-13-22(16(2)14-23(20)25-17(18)3)24(26)19-8-6-10-21(27-4)11-7-9-19/h12,14-15,19,21H,5-11,13H2,1-4H3. The Hall–Kier alpha value is -1.74. The highest BCUT2D eigenvalue weighted by atomic mass is 16.5. The Morgan fingerprint density at radius 3 is 2.52 bits per heavy atom. The van der Waals surface area contributed by atoms with Crippen molar-refractivity contribution in [1.82, 2.24) is 4.98 Å². The molecule has 1 aromatic heterocycles. The lowest BCUT2D eigenvalue weighted by molar-refractivity contribution is -0.120. The molecule has 1 heterocycles. The van der Waals surface area contributed by atoms with Crippen LogP contribution < -0.4 is 10.6 Å². The van der Waals surface area contributed by atoms with E-state index in [-0.39, 0.29) is 5.92 Å². The molecule has 1 saturated carbocycles. The van der Waals surface area contributed by atoms with Crippen molar-refractivity contribution < 1.29 is 9.53 Å². The number of Topliss-reactive ketones (excluding diaryl/α,β-unsaturated/α-hetero) is 1. The minimum absolute atomic E-state index is 0.164. The Labute approximate surface area is 163 Å². The van der Waals surface area contributed by atoms with Gasteiger partial charge in [0.25, 0.3) is 0 Å². The van der Waals surface area contributed by atoms with Crippen molar-refractivity contribution in [3.8, 4) is 0 Å². The molecule has 0 bridgehead atoms. The van der Waals surface area contributed by atoms with Gasteiger partial charge in [0.15, 0.2) is 5.78 Å². The number of allylic oxidation sites excluding steroid dienone is 2. The van der Waals surface area contributed by atoms with Gasteiger partial charge in [0.1, 0.15) is 0 Å². The first-order valence-corrected chi connectivity index (χ1v) is 10.5. The highest BCUT2D eigenvalue weighted by Crippen LogP contribution is 2.28. The van der Waals surface area contributed by atoms with Gasteiger partial charge in [-0.25, -0.2) is 0 Å². The second-order valence-electron chi connectivity index (χ2n) is 8.06. The van der Waals surface area contributed by atoms with Crippen LogP contribution in [-0.4, -0.2) is 24.0 Å². The summed E-state index contributed by atoms with van der Waals surface area (Å²) in [5, 5.41) is 2.17. The summed E-state index contributed by atoms with van der Waals surface area (Å²) in [7, 11) is 1.80. The number of methoxy groups -OCH3 is 1. The molecule has 3 rings (SSSR count). The number of hydrogen-bond acceptors (Lipinski definition) is 3. The molecule has 0 saturated heterocycles. The van der Waals surface area contributed by atoms with Gasteiger partial charge in [0, 0.05) is 24.3 Å². The Kier molecular flexibility index (Phi) is 6.64. The fourth-order valence-electron chi connectivity index (χ4n) is 4.50. The van der Waals surface area contributed by atoms with Gasteiger partial charge in [0.2, 0.25) is 0 Å². The highest BCUT2D eigenvalue weighted by Gasteiger charge is 2.25. The maximum Gasteiger partial charge on any atom is 0.162 e. The molecule has 0 unspecified atom stereocenters. The third-order valence-corrected chi connectivity index (χ3v) is 6.27. The smallest absolute Gasteiger partial charge is 0.162 e. The van der Waals surface area contributed by atoms with E-state index in [9.17, 15) is 4.79 Å². The molecule has 0 aromatic carbocycles. The number of ether oxygens (including phenoxy) is 1. The number of rotatable bonds is 4. The third kappa shape index (κ3) is 4.57. The van der Waals surface area contributed by atoms with E-state index in [0.29, 0.717) is 11.9 Å². The van der Waals surface area contributed by atoms with Gasteiger partial charge in [-0.15, -0.1) is 0 Å². The van der Waals surface area contributed by atoms with Gasteiger partial charge in [-0.05, 0) is 80.9 Å². The van der Waals surface area contributed by atoms with Gasteiger partial charge < -0.3 is 4.74 Å². The summed E-state index contributed by atoms with van der Waals surface area (Å²) in [5.74, 6) is 0.521. The number of fused-ring (bicyclic) bond motifs is 1. The Morgan fingerprint density at radius 2 is 1.89 bits per heavy atom. The van der Waals surface area contributed by atoms with Gasteiger partial charge in [-0.3, -0.25) is 9.78 Å². The number of nitrogens with zero attached hydrogens (tertiary/aromatic N) is 1. The molecule has 0 aliphatic heterocycles. The van der Waals surface area contributed by atoms with Crippen molar-refractivity contribution in [2.45, 2.75) is 78.2 Å². The van der Waals surface area contributed by atoms with E-state index in [2.05, 4.69) is 39.0 Å². The number of carbonyl (C=O) groups is 1. The van der Waals surface area contributed by atoms with Crippen LogP contribution in [-0.2, 0) is 16.0 Å². The number of carbonyl (C=O) groups excluding carboxylic acids is 1. The number of hydrogen-bond donors (Lipinski definition) is 0. The van der Waals surface area contributed by atoms with Crippen molar-refractivity contribution in [3.63, 3.8) is 0 Å². The summed E-state index contributed by atoms with van der Waals surface area (Å²) in [4.78, 5) is 18.1. The van der Waals surface area contributed by atoms with E-state index in [1.165, 1.54) is 10.8 Å². The average Bonchev–Trinajstić information content (AvgIpc) is 2.78. The van der Waals surface area contributed by atoms with Crippen LogP contribution in [0.1, 0.15) is 70.1 Å². The quantitative estimate of drug-likeness (QED) is 0.813. The summed E-state index contributed by atoms with van der Waals surface area (Å²) in [6, 6.07) is 2.25. The van der Waals surface area contributed by atoms with E-state index in [1.807, 2.05) is 0 Å². The maximum atomic E-state index is 13.3. The second-order valence-corrected chi connectivity index (χ2v) is 8.06. The molecule has 2 aliphatic rings. The highest BCUT2D eigenvalue weighted by molar-refractivity contribution is 6.00. The Balaban J connectivity index is 1.84. The summed E-state index contributed by atoms with van der Waals surface area (Å²) in [5.41, 5.74) is 4.45. The van der Waals surface area contributed by atoms with Crippen LogP contribution in [0.3, 0.4) is 0 Å². The third-order valence-electron chi connectivity index (χ3n) is 6.27. The number of pyridine rings is 1. The van der Waals surface area contributed by atoms with Crippen LogP contribution in [0.15, 0.2) is 17.2 Å². The summed E-state index contributed by atoms with van der Waals surface area (Å²) < 4.78 is 5.53. The number of aromatic nitrogens is 1. The second kappa shape index (κ2) is 8.97. The van der Waals surface area contributed by atoms with E-state index in [4.69, 9.17) is 9.72 Å². The molecule has 0 radical (unpaired) electrons. The number of aryl methyl sites for hydroxylation is 2. The van der Waals surface area contributed by atoms with Crippen molar-refractivity contribution in [2.75, 3.05) is 7.11 Å². The largest absolute Gasteiger partial charge is 0.381 e. The molecule has 1 aromatic rings. The lowest BCUT2D eigenvalue weighted by Crippen LogP contribution is -2.29. The van der Waals surface area contributed by atoms with Gasteiger partial charge in [-0.2, -0.15) is 0 Å². The molecule has 0 spiro atoms. The Bertz CT molecular complexity index is 840.